The summed E-state index contributed by atoms with van der Waals surface area (Å²) in [5, 5.41) is 0. The predicted octanol–water partition coefficient (Wildman–Crippen LogP) is 3.36. The van der Waals surface area contributed by atoms with E-state index in [9.17, 15) is 4.79 Å². The lowest BCUT2D eigenvalue weighted by Gasteiger charge is -2.25. The summed E-state index contributed by atoms with van der Waals surface area (Å²) in [6, 6.07) is 9.66. The molecule has 0 saturated carbocycles. The zero-order chi connectivity index (χ0) is 14.4. The third-order valence-corrected chi connectivity index (χ3v) is 4.32. The summed E-state index contributed by atoms with van der Waals surface area (Å²) in [5.41, 5.74) is 0.981. The molecule has 1 fully saturated rings. The molecule has 2 atom stereocenters. The highest BCUT2D eigenvalue weighted by Crippen LogP contribution is 2.26. The van der Waals surface area contributed by atoms with Gasteiger partial charge in [0.2, 0.25) is 0 Å². The van der Waals surface area contributed by atoms with E-state index in [1.54, 1.807) is 11.0 Å². The second kappa shape index (κ2) is 7.64. The van der Waals surface area contributed by atoms with Gasteiger partial charge >= 0.3 is 6.09 Å². The van der Waals surface area contributed by atoms with Gasteiger partial charge in [0, 0.05) is 6.54 Å². The van der Waals surface area contributed by atoms with Gasteiger partial charge in [0.1, 0.15) is 12.8 Å². The minimum absolute atomic E-state index is 0.225. The molecule has 1 saturated heterocycles. The molecular formula is C15H18INO3. The van der Waals surface area contributed by atoms with E-state index in [1.165, 1.54) is 0 Å². The van der Waals surface area contributed by atoms with Crippen LogP contribution in [0.2, 0.25) is 0 Å². The maximum atomic E-state index is 12.1. The van der Waals surface area contributed by atoms with E-state index in [-0.39, 0.29) is 22.9 Å². The lowest BCUT2D eigenvalue weighted by Crippen LogP contribution is -2.40. The van der Waals surface area contributed by atoms with Crippen molar-refractivity contribution < 1.29 is 14.3 Å². The number of likely N-dealkylation sites (tertiary alicyclic amines) is 1. The van der Waals surface area contributed by atoms with E-state index in [0.29, 0.717) is 13.2 Å². The Morgan fingerprint density at radius 1 is 1.45 bits per heavy atom. The summed E-state index contributed by atoms with van der Waals surface area (Å²) in [6.45, 7) is 5.03. The molecule has 1 aromatic rings. The number of alkyl halides is 1. The third-order valence-electron chi connectivity index (χ3n) is 3.09. The van der Waals surface area contributed by atoms with Gasteiger partial charge in [0.05, 0.1) is 10.5 Å². The molecule has 0 spiro atoms. The Bertz CT molecular complexity index is 452. The van der Waals surface area contributed by atoms with Crippen LogP contribution in [0.15, 0.2) is 43.0 Å². The van der Waals surface area contributed by atoms with Crippen molar-refractivity contribution >= 4 is 28.7 Å². The minimum atomic E-state index is -0.318. The number of carbonyl (C=O) groups excluding carboxylic acids is 1. The molecule has 0 bridgehead atoms. The van der Waals surface area contributed by atoms with Gasteiger partial charge in [-0.3, -0.25) is 4.90 Å². The summed E-state index contributed by atoms with van der Waals surface area (Å²) in [6.07, 6.45) is 2.07. The number of halogens is 1. The Morgan fingerprint density at radius 2 is 2.20 bits per heavy atom. The zero-order valence-corrected chi connectivity index (χ0v) is 13.4. The molecule has 0 N–H and O–H groups in total. The van der Waals surface area contributed by atoms with Crippen molar-refractivity contribution in [3.8, 4) is 0 Å². The van der Waals surface area contributed by atoms with Crippen molar-refractivity contribution in [2.24, 2.45) is 0 Å². The molecule has 0 aromatic heterocycles. The Kier molecular flexibility index (Phi) is 5.85. The lowest BCUT2D eigenvalue weighted by atomic mass is 10.2. The van der Waals surface area contributed by atoms with Gasteiger partial charge in [-0.25, -0.2) is 4.79 Å². The van der Waals surface area contributed by atoms with E-state index in [4.69, 9.17) is 9.47 Å². The van der Waals surface area contributed by atoms with Gasteiger partial charge in [0.15, 0.2) is 0 Å². The predicted molar refractivity (Wildman–Crippen MR) is 85.7 cm³/mol. The van der Waals surface area contributed by atoms with Gasteiger partial charge < -0.3 is 9.47 Å². The van der Waals surface area contributed by atoms with Crippen LogP contribution < -0.4 is 0 Å². The summed E-state index contributed by atoms with van der Waals surface area (Å²) >= 11 is 2.31. The molecule has 1 heterocycles. The van der Waals surface area contributed by atoms with Crippen molar-refractivity contribution in [3.05, 3.63) is 48.6 Å². The minimum Gasteiger partial charge on any atom is -0.444 e. The monoisotopic (exact) mass is 387 g/mol. The Morgan fingerprint density at radius 3 is 2.90 bits per heavy atom. The molecule has 0 unspecified atom stereocenters. The van der Waals surface area contributed by atoms with E-state index in [2.05, 4.69) is 29.2 Å². The lowest BCUT2D eigenvalue weighted by molar-refractivity contribution is -0.0179. The number of nitrogens with zero attached hydrogens (tertiary/aromatic N) is 1. The molecule has 0 aliphatic carbocycles. The van der Waals surface area contributed by atoms with Crippen molar-refractivity contribution in [1.29, 1.82) is 0 Å². The highest BCUT2D eigenvalue weighted by atomic mass is 127. The molecule has 1 aliphatic rings. The molecule has 4 nitrogen and oxygen atoms in total. The van der Waals surface area contributed by atoms with Crippen LogP contribution in [-0.4, -0.2) is 34.3 Å². The first-order valence-corrected chi connectivity index (χ1v) is 7.81. The molecule has 5 heteroatoms. The normalized spacial score (nSPS) is 21.8. The first-order chi connectivity index (χ1) is 9.72. The van der Waals surface area contributed by atoms with Crippen molar-refractivity contribution in [1.82, 2.24) is 4.90 Å². The average molecular weight is 387 g/mol. The van der Waals surface area contributed by atoms with Crippen LogP contribution >= 0.6 is 22.6 Å². The van der Waals surface area contributed by atoms with Crippen LogP contribution in [-0.2, 0) is 16.1 Å². The summed E-state index contributed by atoms with van der Waals surface area (Å²) in [5.74, 6) is 0. The van der Waals surface area contributed by atoms with Crippen LogP contribution in [0.3, 0.4) is 0 Å². The number of carbonyl (C=O) groups is 1. The van der Waals surface area contributed by atoms with Gasteiger partial charge in [-0.2, -0.15) is 0 Å². The Balaban J connectivity index is 1.89. The highest BCUT2D eigenvalue weighted by Gasteiger charge is 2.37. The second-order valence-corrected chi connectivity index (χ2v) is 6.15. The fraction of sp³-hybridized carbons (Fsp3) is 0.400. The molecule has 108 valence electrons. The number of benzene rings is 1. The zero-order valence-electron chi connectivity index (χ0n) is 11.2. The number of rotatable bonds is 5. The van der Waals surface area contributed by atoms with Gasteiger partial charge in [-0.1, -0.05) is 59.0 Å². The molecule has 2 rings (SSSR count). The largest absolute Gasteiger partial charge is 0.444 e. The van der Waals surface area contributed by atoms with E-state index in [0.717, 1.165) is 12.0 Å². The van der Waals surface area contributed by atoms with E-state index in [1.807, 2.05) is 30.3 Å². The van der Waals surface area contributed by atoms with Gasteiger partial charge in [0.25, 0.3) is 0 Å². The number of hydrogen-bond acceptors (Lipinski definition) is 3. The van der Waals surface area contributed by atoms with E-state index >= 15 is 0 Å². The van der Waals surface area contributed by atoms with Crippen LogP contribution in [0, 0.1) is 0 Å². The molecule has 20 heavy (non-hydrogen) atoms. The number of hydrogen-bond donors (Lipinski definition) is 0. The quantitative estimate of drug-likeness (QED) is 0.442. The maximum absolute atomic E-state index is 12.1. The highest BCUT2D eigenvalue weighted by molar-refractivity contribution is 14.1. The fourth-order valence-electron chi connectivity index (χ4n) is 2.09. The van der Waals surface area contributed by atoms with Crippen LogP contribution in [0.1, 0.15) is 12.0 Å². The summed E-state index contributed by atoms with van der Waals surface area (Å²) in [4.78, 5) is 13.8. The molecule has 1 aromatic carbocycles. The second-order valence-electron chi connectivity index (χ2n) is 4.55. The molecular weight excluding hydrogens is 369 g/mol. The topological polar surface area (TPSA) is 38.8 Å². The Hall–Kier alpha value is -1.08. The molecule has 0 radical (unpaired) electrons. The summed E-state index contributed by atoms with van der Waals surface area (Å²) < 4.78 is 11.3. The van der Waals surface area contributed by atoms with Crippen LogP contribution in [0.25, 0.3) is 0 Å². The van der Waals surface area contributed by atoms with Crippen LogP contribution in [0.4, 0.5) is 4.79 Å². The van der Waals surface area contributed by atoms with E-state index < -0.39 is 0 Å². The summed E-state index contributed by atoms with van der Waals surface area (Å²) in [7, 11) is 0. The number of amides is 1. The van der Waals surface area contributed by atoms with Crippen molar-refractivity contribution in [2.45, 2.75) is 23.2 Å². The van der Waals surface area contributed by atoms with Crippen LogP contribution in [0.5, 0.6) is 0 Å². The van der Waals surface area contributed by atoms with Gasteiger partial charge in [-0.05, 0) is 12.0 Å². The molecule has 1 aliphatic heterocycles. The fourth-order valence-corrected chi connectivity index (χ4v) is 2.96. The maximum Gasteiger partial charge on any atom is 0.412 e. The standard InChI is InChI=1S/C15H18INO3/c1-2-10-19-14-13(16)8-9-17(14)15(18)20-11-12-6-4-3-5-7-12/h2-7,13-14H,1,8-11H2/t13-,14+/m1/s1. The smallest absolute Gasteiger partial charge is 0.412 e. The molecule has 1 amide bonds. The first-order valence-electron chi connectivity index (χ1n) is 6.56. The third kappa shape index (κ3) is 3.96. The first kappa shape index (κ1) is 15.3. The van der Waals surface area contributed by atoms with Gasteiger partial charge in [-0.15, -0.1) is 6.58 Å². The SMILES string of the molecule is C=CCO[C@H]1[C@H](I)CCN1C(=O)OCc1ccccc1. The van der Waals surface area contributed by atoms with Crippen molar-refractivity contribution in [3.63, 3.8) is 0 Å². The average Bonchev–Trinajstić information content (AvgIpc) is 2.85. The number of ether oxygens (including phenoxy) is 2. The van der Waals surface area contributed by atoms with Crippen molar-refractivity contribution in [2.75, 3.05) is 13.2 Å². The Labute approximate surface area is 132 Å².